The maximum absolute atomic E-state index is 11.5. The molecule has 0 bridgehead atoms. The van der Waals surface area contributed by atoms with E-state index in [0.717, 1.165) is 30.8 Å². The van der Waals surface area contributed by atoms with E-state index in [0.29, 0.717) is 17.9 Å². The quantitative estimate of drug-likeness (QED) is 0.837. The Morgan fingerprint density at radius 3 is 2.38 bits per heavy atom. The molecule has 2 rings (SSSR count). The van der Waals surface area contributed by atoms with Crippen molar-refractivity contribution in [1.82, 2.24) is 4.90 Å². The summed E-state index contributed by atoms with van der Waals surface area (Å²) in [5.41, 5.74) is 1.85. The number of nitrogens with zero attached hydrogens (tertiary/aromatic N) is 1. The van der Waals surface area contributed by atoms with E-state index < -0.39 is 11.9 Å². The van der Waals surface area contributed by atoms with E-state index in [1.807, 2.05) is 19.1 Å². The number of fused-ring (bicyclic) bond motifs is 1. The normalized spacial score (nSPS) is 14.5. The van der Waals surface area contributed by atoms with Crippen LogP contribution in [0.15, 0.2) is 12.1 Å². The van der Waals surface area contributed by atoms with Crippen molar-refractivity contribution in [3.05, 3.63) is 23.3 Å². The molecule has 5 heteroatoms. The number of carboxylic acids is 1. The molecule has 21 heavy (non-hydrogen) atoms. The summed E-state index contributed by atoms with van der Waals surface area (Å²) in [5.74, 6) is 0.0522. The van der Waals surface area contributed by atoms with Gasteiger partial charge in [-0.25, -0.2) is 0 Å². The number of aliphatic carboxylic acids is 1. The Bertz CT molecular complexity index is 511. The van der Waals surface area contributed by atoms with Gasteiger partial charge in [-0.3, -0.25) is 9.69 Å². The predicted octanol–water partition coefficient (Wildman–Crippen LogP) is 2.84. The molecule has 116 valence electrons. The number of rotatable bonds is 7. The van der Waals surface area contributed by atoms with E-state index in [4.69, 9.17) is 9.47 Å². The van der Waals surface area contributed by atoms with Gasteiger partial charge in [0.1, 0.15) is 0 Å². The molecule has 0 saturated heterocycles. The second-order valence-corrected chi connectivity index (χ2v) is 5.16. The molecule has 1 aromatic rings. The van der Waals surface area contributed by atoms with Gasteiger partial charge in [0, 0.05) is 6.54 Å². The molecular weight excluding hydrogens is 270 g/mol. The van der Waals surface area contributed by atoms with Gasteiger partial charge in [-0.15, -0.1) is 0 Å². The van der Waals surface area contributed by atoms with Crippen molar-refractivity contribution >= 4 is 5.97 Å². The highest BCUT2D eigenvalue weighted by atomic mass is 16.7. The van der Waals surface area contributed by atoms with Crippen LogP contribution < -0.4 is 9.47 Å². The minimum absolute atomic E-state index is 0.202. The van der Waals surface area contributed by atoms with E-state index in [1.54, 1.807) is 0 Å². The van der Waals surface area contributed by atoms with Crippen LogP contribution in [0, 0.1) is 0 Å². The van der Waals surface area contributed by atoms with Crippen molar-refractivity contribution < 1.29 is 19.4 Å². The summed E-state index contributed by atoms with van der Waals surface area (Å²) >= 11 is 0. The molecule has 0 fully saturated rings. The lowest BCUT2D eigenvalue weighted by atomic mass is 9.91. The van der Waals surface area contributed by atoms with Crippen LogP contribution in [0.25, 0.3) is 0 Å². The molecule has 1 atom stereocenters. The first-order valence-corrected chi connectivity index (χ1v) is 7.48. The fourth-order valence-electron chi connectivity index (χ4n) is 2.68. The fourth-order valence-corrected chi connectivity index (χ4v) is 2.68. The van der Waals surface area contributed by atoms with Crippen LogP contribution in [0.3, 0.4) is 0 Å². The van der Waals surface area contributed by atoms with E-state index >= 15 is 0 Å². The lowest BCUT2D eigenvalue weighted by molar-refractivity contribution is -0.138. The summed E-state index contributed by atoms with van der Waals surface area (Å²) in [6.45, 7) is 8.87. The molecule has 0 radical (unpaired) electrons. The molecular formula is C16H23NO4. The third kappa shape index (κ3) is 3.29. The monoisotopic (exact) mass is 293 g/mol. The molecule has 0 spiro atoms. The first-order chi connectivity index (χ1) is 10.1. The second kappa shape index (κ2) is 6.80. The van der Waals surface area contributed by atoms with Crippen molar-refractivity contribution in [2.45, 2.75) is 39.7 Å². The van der Waals surface area contributed by atoms with Crippen molar-refractivity contribution in [2.75, 3.05) is 19.9 Å². The van der Waals surface area contributed by atoms with Gasteiger partial charge >= 0.3 is 5.97 Å². The SMILES string of the molecule is CCC(C(=O)O)c1cc2c(cc1CN(CC)CC)OCO2. The van der Waals surface area contributed by atoms with Crippen LogP contribution in [0.2, 0.25) is 0 Å². The van der Waals surface area contributed by atoms with E-state index in [1.165, 1.54) is 0 Å². The predicted molar refractivity (Wildman–Crippen MR) is 79.9 cm³/mol. The first-order valence-electron chi connectivity index (χ1n) is 7.48. The number of carbonyl (C=O) groups is 1. The average molecular weight is 293 g/mol. The van der Waals surface area contributed by atoms with E-state index in [9.17, 15) is 9.90 Å². The molecule has 1 aliphatic heterocycles. The summed E-state index contributed by atoms with van der Waals surface area (Å²) in [4.78, 5) is 13.8. The lowest BCUT2D eigenvalue weighted by Gasteiger charge is -2.22. The third-order valence-electron chi connectivity index (χ3n) is 4.00. The summed E-state index contributed by atoms with van der Waals surface area (Å²) < 4.78 is 10.8. The number of carboxylic acid groups (broad SMARTS) is 1. The molecule has 0 aliphatic carbocycles. The Balaban J connectivity index is 2.42. The topological polar surface area (TPSA) is 59.0 Å². The molecule has 5 nitrogen and oxygen atoms in total. The minimum Gasteiger partial charge on any atom is -0.481 e. The van der Waals surface area contributed by atoms with Crippen molar-refractivity contribution in [3.8, 4) is 11.5 Å². The molecule has 1 aliphatic rings. The van der Waals surface area contributed by atoms with Crippen LogP contribution in [0.1, 0.15) is 44.2 Å². The van der Waals surface area contributed by atoms with Gasteiger partial charge in [0.2, 0.25) is 6.79 Å². The zero-order valence-electron chi connectivity index (χ0n) is 12.9. The van der Waals surface area contributed by atoms with Gasteiger partial charge in [0.05, 0.1) is 5.92 Å². The highest BCUT2D eigenvalue weighted by Crippen LogP contribution is 2.38. The van der Waals surface area contributed by atoms with E-state index in [-0.39, 0.29) is 6.79 Å². The molecule has 1 unspecified atom stereocenters. The van der Waals surface area contributed by atoms with Crippen LogP contribution in [-0.2, 0) is 11.3 Å². The number of ether oxygens (including phenoxy) is 2. The van der Waals surface area contributed by atoms with Crippen molar-refractivity contribution in [3.63, 3.8) is 0 Å². The van der Waals surface area contributed by atoms with Gasteiger partial charge in [0.25, 0.3) is 0 Å². The summed E-state index contributed by atoms with van der Waals surface area (Å²) in [6.07, 6.45) is 0.556. The smallest absolute Gasteiger partial charge is 0.310 e. The van der Waals surface area contributed by atoms with Gasteiger partial charge in [0.15, 0.2) is 11.5 Å². The summed E-state index contributed by atoms with van der Waals surface area (Å²) in [5, 5.41) is 9.46. The number of benzene rings is 1. The van der Waals surface area contributed by atoms with Crippen molar-refractivity contribution in [1.29, 1.82) is 0 Å². The van der Waals surface area contributed by atoms with Gasteiger partial charge in [-0.2, -0.15) is 0 Å². The molecule has 0 saturated carbocycles. The lowest BCUT2D eigenvalue weighted by Crippen LogP contribution is -2.24. The van der Waals surface area contributed by atoms with Crippen LogP contribution in [0.4, 0.5) is 0 Å². The van der Waals surface area contributed by atoms with Crippen LogP contribution >= 0.6 is 0 Å². The second-order valence-electron chi connectivity index (χ2n) is 5.16. The standard InChI is InChI=1S/C16H23NO4/c1-4-12(16(18)19)13-8-15-14(20-10-21-15)7-11(13)9-17(5-2)6-3/h7-8,12H,4-6,9-10H2,1-3H3,(H,18,19). The summed E-state index contributed by atoms with van der Waals surface area (Å²) in [6, 6.07) is 3.77. The number of hydrogen-bond donors (Lipinski definition) is 1. The molecule has 1 heterocycles. The zero-order valence-corrected chi connectivity index (χ0v) is 12.9. The Morgan fingerprint density at radius 2 is 1.86 bits per heavy atom. The minimum atomic E-state index is -0.794. The summed E-state index contributed by atoms with van der Waals surface area (Å²) in [7, 11) is 0. The molecule has 1 aromatic carbocycles. The highest BCUT2D eigenvalue weighted by Gasteiger charge is 2.25. The first kappa shape index (κ1) is 15.6. The Labute approximate surface area is 125 Å². The maximum Gasteiger partial charge on any atom is 0.310 e. The molecule has 0 amide bonds. The van der Waals surface area contributed by atoms with Gasteiger partial charge in [-0.1, -0.05) is 20.8 Å². The largest absolute Gasteiger partial charge is 0.481 e. The van der Waals surface area contributed by atoms with E-state index in [2.05, 4.69) is 18.7 Å². The van der Waals surface area contributed by atoms with Crippen molar-refractivity contribution in [2.24, 2.45) is 0 Å². The van der Waals surface area contributed by atoms with Gasteiger partial charge < -0.3 is 14.6 Å². The van der Waals surface area contributed by atoms with Crippen LogP contribution in [-0.4, -0.2) is 35.9 Å². The fraction of sp³-hybridized carbons (Fsp3) is 0.562. The highest BCUT2D eigenvalue weighted by molar-refractivity contribution is 5.77. The Kier molecular flexibility index (Phi) is 5.07. The maximum atomic E-state index is 11.5. The van der Waals surface area contributed by atoms with Gasteiger partial charge in [-0.05, 0) is 42.8 Å². The number of hydrogen-bond acceptors (Lipinski definition) is 4. The third-order valence-corrected chi connectivity index (χ3v) is 4.00. The zero-order chi connectivity index (χ0) is 15.4. The average Bonchev–Trinajstić information content (AvgIpc) is 2.92. The molecule has 0 aromatic heterocycles. The molecule has 1 N–H and O–H groups in total. The Hall–Kier alpha value is -1.75. The Morgan fingerprint density at radius 1 is 1.24 bits per heavy atom. The van der Waals surface area contributed by atoms with Crippen LogP contribution in [0.5, 0.6) is 11.5 Å².